The third kappa shape index (κ3) is 2.86. The minimum Gasteiger partial charge on any atom is -0.474 e. The predicted molar refractivity (Wildman–Crippen MR) is 73.8 cm³/mol. The van der Waals surface area contributed by atoms with Gasteiger partial charge >= 0.3 is 0 Å². The molecular formula is C15H18N2O. The molecule has 0 fully saturated rings. The molecule has 0 aliphatic carbocycles. The molecule has 0 saturated carbocycles. The summed E-state index contributed by atoms with van der Waals surface area (Å²) in [5.41, 5.74) is 2.69. The third-order valence-corrected chi connectivity index (χ3v) is 2.54. The summed E-state index contributed by atoms with van der Waals surface area (Å²) in [4.78, 5) is 9.18. The first kappa shape index (κ1) is 12.6. The number of aromatic nitrogens is 2. The number of fused-ring (bicyclic) bond motifs is 1. The molecule has 0 aliphatic rings. The van der Waals surface area contributed by atoms with Crippen molar-refractivity contribution in [2.45, 2.75) is 32.8 Å². The number of hydrogen-bond donors (Lipinski definition) is 0. The van der Waals surface area contributed by atoms with Crippen LogP contribution >= 0.6 is 0 Å². The summed E-state index contributed by atoms with van der Waals surface area (Å²) in [5.74, 6) is 0.644. The first-order valence-corrected chi connectivity index (χ1v) is 6.24. The van der Waals surface area contributed by atoms with Gasteiger partial charge in [-0.3, -0.25) is 0 Å². The molecule has 2 aromatic rings. The third-order valence-electron chi connectivity index (χ3n) is 2.54. The monoisotopic (exact) mass is 242 g/mol. The quantitative estimate of drug-likeness (QED) is 0.752. The fourth-order valence-electron chi connectivity index (χ4n) is 1.74. The maximum absolute atomic E-state index is 5.74. The highest BCUT2D eigenvalue weighted by molar-refractivity contribution is 5.74. The van der Waals surface area contributed by atoms with E-state index in [2.05, 4.69) is 16.5 Å². The van der Waals surface area contributed by atoms with E-state index in [4.69, 9.17) is 4.74 Å². The van der Waals surface area contributed by atoms with Crippen LogP contribution in [-0.2, 0) is 6.42 Å². The number of ether oxygens (including phenoxy) is 1. The fraction of sp³-hybridized carbons (Fsp3) is 0.333. The molecule has 3 nitrogen and oxygen atoms in total. The van der Waals surface area contributed by atoms with Crippen LogP contribution in [0.1, 0.15) is 26.0 Å². The molecule has 94 valence electrons. The minimum absolute atomic E-state index is 0.0999. The van der Waals surface area contributed by atoms with E-state index in [-0.39, 0.29) is 6.10 Å². The highest BCUT2D eigenvalue weighted by Crippen LogP contribution is 2.21. The summed E-state index contributed by atoms with van der Waals surface area (Å²) in [6, 6.07) is 7.85. The number of allylic oxidation sites excluding steroid dienone is 1. The van der Waals surface area contributed by atoms with Gasteiger partial charge in [0.1, 0.15) is 5.69 Å². The van der Waals surface area contributed by atoms with Crippen molar-refractivity contribution in [1.82, 2.24) is 9.97 Å². The molecule has 0 unspecified atom stereocenters. The average Bonchev–Trinajstić information content (AvgIpc) is 2.35. The van der Waals surface area contributed by atoms with Crippen molar-refractivity contribution < 1.29 is 4.74 Å². The fourth-order valence-corrected chi connectivity index (χ4v) is 1.74. The van der Waals surface area contributed by atoms with E-state index in [9.17, 15) is 0 Å². The molecule has 0 radical (unpaired) electrons. The van der Waals surface area contributed by atoms with E-state index in [1.807, 2.05) is 44.2 Å². The Morgan fingerprint density at radius 3 is 2.50 bits per heavy atom. The van der Waals surface area contributed by atoms with E-state index < -0.39 is 0 Å². The zero-order valence-corrected chi connectivity index (χ0v) is 10.9. The number of aryl methyl sites for hydroxylation is 1. The lowest BCUT2D eigenvalue weighted by Gasteiger charge is -2.13. The van der Waals surface area contributed by atoms with Gasteiger partial charge < -0.3 is 4.74 Å². The Kier molecular flexibility index (Phi) is 3.92. The van der Waals surface area contributed by atoms with Crippen LogP contribution in [0.4, 0.5) is 0 Å². The van der Waals surface area contributed by atoms with Crippen molar-refractivity contribution in [1.29, 1.82) is 0 Å². The van der Waals surface area contributed by atoms with E-state index in [1.54, 1.807) is 0 Å². The largest absolute Gasteiger partial charge is 0.474 e. The highest BCUT2D eigenvalue weighted by Gasteiger charge is 2.10. The van der Waals surface area contributed by atoms with E-state index in [1.165, 1.54) is 0 Å². The Bertz CT molecular complexity index is 549. The molecular weight excluding hydrogens is 224 g/mol. The number of rotatable bonds is 5. The number of para-hydroxylation sites is 2. The van der Waals surface area contributed by atoms with Gasteiger partial charge in [-0.15, -0.1) is 6.58 Å². The SMILES string of the molecule is C=CCCc1nc2ccccc2nc1OC(C)C. The van der Waals surface area contributed by atoms with Crippen LogP contribution in [0, 0.1) is 0 Å². The number of benzene rings is 1. The molecule has 3 heteroatoms. The second-order valence-corrected chi connectivity index (χ2v) is 4.46. The molecule has 0 aliphatic heterocycles. The van der Waals surface area contributed by atoms with Gasteiger partial charge in [0, 0.05) is 0 Å². The smallest absolute Gasteiger partial charge is 0.236 e. The van der Waals surface area contributed by atoms with E-state index in [0.29, 0.717) is 5.88 Å². The van der Waals surface area contributed by atoms with Crippen molar-refractivity contribution in [3.05, 3.63) is 42.6 Å². The van der Waals surface area contributed by atoms with Gasteiger partial charge in [0.2, 0.25) is 5.88 Å². The molecule has 0 bridgehead atoms. The van der Waals surface area contributed by atoms with Crippen LogP contribution in [-0.4, -0.2) is 16.1 Å². The zero-order valence-electron chi connectivity index (χ0n) is 10.9. The standard InChI is InChI=1S/C15H18N2O/c1-4-5-8-14-15(18-11(2)3)17-13-10-7-6-9-12(13)16-14/h4,6-7,9-11H,1,5,8H2,2-3H3. The summed E-state index contributed by atoms with van der Waals surface area (Å²) < 4.78 is 5.74. The first-order valence-electron chi connectivity index (χ1n) is 6.24. The zero-order chi connectivity index (χ0) is 13.0. The molecule has 0 spiro atoms. The molecule has 18 heavy (non-hydrogen) atoms. The Morgan fingerprint density at radius 2 is 1.89 bits per heavy atom. The Balaban J connectivity index is 2.45. The molecule has 1 heterocycles. The lowest BCUT2D eigenvalue weighted by molar-refractivity contribution is 0.229. The van der Waals surface area contributed by atoms with Gasteiger partial charge in [0.25, 0.3) is 0 Å². The summed E-state index contributed by atoms with van der Waals surface area (Å²) >= 11 is 0. The van der Waals surface area contributed by atoms with Crippen molar-refractivity contribution in [2.24, 2.45) is 0 Å². The molecule has 0 saturated heterocycles. The molecule has 0 amide bonds. The average molecular weight is 242 g/mol. The second kappa shape index (κ2) is 5.63. The number of nitrogens with zero attached hydrogens (tertiary/aromatic N) is 2. The van der Waals surface area contributed by atoms with E-state index >= 15 is 0 Å². The van der Waals surface area contributed by atoms with Gasteiger partial charge in [0.05, 0.1) is 17.1 Å². The first-order chi connectivity index (χ1) is 8.70. The van der Waals surface area contributed by atoms with Crippen LogP contribution in [0.2, 0.25) is 0 Å². The molecule has 0 N–H and O–H groups in total. The van der Waals surface area contributed by atoms with Crippen LogP contribution < -0.4 is 4.74 Å². The Morgan fingerprint density at radius 1 is 1.22 bits per heavy atom. The van der Waals surface area contributed by atoms with Gasteiger partial charge in [-0.25, -0.2) is 9.97 Å². The maximum atomic E-state index is 5.74. The second-order valence-electron chi connectivity index (χ2n) is 4.46. The number of hydrogen-bond acceptors (Lipinski definition) is 3. The van der Waals surface area contributed by atoms with Crippen LogP contribution in [0.25, 0.3) is 11.0 Å². The van der Waals surface area contributed by atoms with Crippen molar-refractivity contribution in [3.63, 3.8) is 0 Å². The minimum atomic E-state index is 0.0999. The Labute approximate surface area is 108 Å². The lowest BCUT2D eigenvalue weighted by atomic mass is 10.2. The van der Waals surface area contributed by atoms with Crippen molar-refractivity contribution in [3.8, 4) is 5.88 Å². The van der Waals surface area contributed by atoms with Crippen LogP contribution in [0.15, 0.2) is 36.9 Å². The summed E-state index contributed by atoms with van der Waals surface area (Å²) in [6.07, 6.45) is 3.67. The normalized spacial score (nSPS) is 10.8. The molecule has 2 rings (SSSR count). The summed E-state index contributed by atoms with van der Waals surface area (Å²) in [6.45, 7) is 7.73. The molecule has 1 aromatic heterocycles. The van der Waals surface area contributed by atoms with Gasteiger partial charge in [-0.2, -0.15) is 0 Å². The van der Waals surface area contributed by atoms with Crippen molar-refractivity contribution in [2.75, 3.05) is 0 Å². The highest BCUT2D eigenvalue weighted by atomic mass is 16.5. The van der Waals surface area contributed by atoms with Gasteiger partial charge in [-0.1, -0.05) is 18.2 Å². The Hall–Kier alpha value is -1.90. The lowest BCUT2D eigenvalue weighted by Crippen LogP contribution is -2.10. The van der Waals surface area contributed by atoms with Gasteiger partial charge in [0.15, 0.2) is 0 Å². The van der Waals surface area contributed by atoms with E-state index in [0.717, 1.165) is 29.6 Å². The maximum Gasteiger partial charge on any atom is 0.236 e. The molecule has 1 aromatic carbocycles. The van der Waals surface area contributed by atoms with Crippen molar-refractivity contribution >= 4 is 11.0 Å². The predicted octanol–water partition coefficient (Wildman–Crippen LogP) is 3.54. The van der Waals surface area contributed by atoms with Crippen LogP contribution in [0.3, 0.4) is 0 Å². The summed E-state index contributed by atoms with van der Waals surface area (Å²) in [5, 5.41) is 0. The summed E-state index contributed by atoms with van der Waals surface area (Å²) in [7, 11) is 0. The topological polar surface area (TPSA) is 35.0 Å². The van der Waals surface area contributed by atoms with Crippen LogP contribution in [0.5, 0.6) is 5.88 Å². The van der Waals surface area contributed by atoms with Gasteiger partial charge in [-0.05, 0) is 38.8 Å². The molecule has 0 atom stereocenters.